The van der Waals surface area contributed by atoms with Gasteiger partial charge in [-0.15, -0.1) is 0 Å². The molecule has 5 heteroatoms. The largest absolute Gasteiger partial charge is 0.529 e. The highest BCUT2D eigenvalue weighted by molar-refractivity contribution is 7.25. The summed E-state index contributed by atoms with van der Waals surface area (Å²) in [4.78, 5) is 0. The van der Waals surface area contributed by atoms with Gasteiger partial charge < -0.3 is 9.63 Å². The maximum absolute atomic E-state index is 10.0. The van der Waals surface area contributed by atoms with Gasteiger partial charge in [0.05, 0.1) is 0 Å². The van der Waals surface area contributed by atoms with E-state index in [0.29, 0.717) is 0 Å². The summed E-state index contributed by atoms with van der Waals surface area (Å²) in [5, 5.41) is 8.85. The molecule has 0 aliphatic carbocycles. The van der Waals surface area contributed by atoms with Crippen LogP contribution in [-0.4, -0.2) is 5.11 Å². The maximum Gasteiger partial charge on any atom is 0.529 e. The topological polar surface area (TPSA) is 63.6 Å². The van der Waals surface area contributed by atoms with Gasteiger partial charge in [-0.05, 0) is 12.1 Å². The molecule has 1 aromatic rings. The molecule has 0 amide bonds. The lowest BCUT2D eigenvalue weighted by Gasteiger charge is -1.94. The van der Waals surface area contributed by atoms with Gasteiger partial charge in [-0.1, -0.05) is 6.07 Å². The van der Waals surface area contributed by atoms with Crippen molar-refractivity contribution in [1.82, 2.24) is 0 Å². The Bertz CT molecular complexity index is 310. The summed E-state index contributed by atoms with van der Waals surface area (Å²) in [5.41, 5.74) is 0. The second kappa shape index (κ2) is 3.21. The minimum Gasteiger partial charge on any atom is -0.508 e. The van der Waals surface area contributed by atoms with E-state index in [-0.39, 0.29) is 11.5 Å². The summed E-state index contributed by atoms with van der Waals surface area (Å²) in [6, 6.07) is 5.56. The molecule has 0 saturated heterocycles. The lowest BCUT2D eigenvalue weighted by molar-refractivity contribution is 0.434. The van der Waals surface area contributed by atoms with Crippen LogP contribution < -0.4 is 4.52 Å². The molecule has 0 aliphatic rings. The molecular weight excluding hydrogens is 167 g/mol. The molecule has 1 aromatic carbocycles. The summed E-state index contributed by atoms with van der Waals surface area (Å²) in [7, 11) is -2.90. The molecule has 0 radical (unpaired) electrons. The minimum absolute atomic E-state index is 0.0284. The second-order valence-electron chi connectivity index (χ2n) is 1.81. The zero-order valence-electron chi connectivity index (χ0n) is 5.43. The SMILES string of the molecule is O=P(=O)Oc1cccc(O)c1. The van der Waals surface area contributed by atoms with E-state index in [2.05, 4.69) is 4.52 Å². The van der Waals surface area contributed by atoms with Crippen LogP contribution in [0.2, 0.25) is 0 Å². The number of rotatable bonds is 2. The molecule has 1 rings (SSSR count). The van der Waals surface area contributed by atoms with Gasteiger partial charge in [0.2, 0.25) is 0 Å². The molecule has 58 valence electrons. The van der Waals surface area contributed by atoms with Gasteiger partial charge in [0.25, 0.3) is 0 Å². The van der Waals surface area contributed by atoms with Gasteiger partial charge >= 0.3 is 7.91 Å². The predicted molar refractivity (Wildman–Crippen MR) is 37.0 cm³/mol. The number of hydrogen-bond donors (Lipinski definition) is 1. The number of phenols is 1. The van der Waals surface area contributed by atoms with E-state index < -0.39 is 7.91 Å². The smallest absolute Gasteiger partial charge is 0.508 e. The Balaban J connectivity index is 2.87. The zero-order valence-corrected chi connectivity index (χ0v) is 6.32. The summed E-state index contributed by atoms with van der Waals surface area (Å²) in [6.07, 6.45) is 0. The van der Waals surface area contributed by atoms with Crippen LogP contribution in [0.1, 0.15) is 0 Å². The molecule has 4 nitrogen and oxygen atoms in total. The maximum atomic E-state index is 10.0. The van der Waals surface area contributed by atoms with Gasteiger partial charge in [-0.2, -0.15) is 9.13 Å². The fourth-order valence-corrected chi connectivity index (χ4v) is 0.912. The Morgan fingerprint density at radius 3 is 2.64 bits per heavy atom. The van der Waals surface area contributed by atoms with Crippen molar-refractivity contribution in [2.45, 2.75) is 0 Å². The Kier molecular flexibility index (Phi) is 2.28. The summed E-state index contributed by atoms with van der Waals surface area (Å²) >= 11 is 0. The van der Waals surface area contributed by atoms with Crippen LogP contribution in [0.5, 0.6) is 11.5 Å². The van der Waals surface area contributed by atoms with Crippen LogP contribution in [0, 0.1) is 0 Å². The van der Waals surface area contributed by atoms with Crippen LogP contribution in [-0.2, 0) is 9.13 Å². The first-order valence-electron chi connectivity index (χ1n) is 2.80. The molecule has 0 saturated carbocycles. The Labute approximate surface area is 63.3 Å². The van der Waals surface area contributed by atoms with Crippen molar-refractivity contribution in [1.29, 1.82) is 0 Å². The van der Waals surface area contributed by atoms with E-state index in [1.165, 1.54) is 24.3 Å². The van der Waals surface area contributed by atoms with Gasteiger partial charge in [0.15, 0.2) is 0 Å². The quantitative estimate of drug-likeness (QED) is 0.691. The molecule has 1 N–H and O–H groups in total. The fraction of sp³-hybridized carbons (Fsp3) is 0. The van der Waals surface area contributed by atoms with Crippen molar-refractivity contribution in [3.8, 4) is 11.5 Å². The Hall–Kier alpha value is -1.28. The van der Waals surface area contributed by atoms with Crippen molar-refractivity contribution in [3.63, 3.8) is 0 Å². The van der Waals surface area contributed by atoms with Gasteiger partial charge in [-0.3, -0.25) is 0 Å². The molecule has 0 aromatic heterocycles. The number of hydrogen-bond acceptors (Lipinski definition) is 4. The second-order valence-corrected chi connectivity index (χ2v) is 2.44. The number of benzene rings is 1. The highest BCUT2D eigenvalue weighted by Crippen LogP contribution is 2.22. The first-order chi connectivity index (χ1) is 5.18. The lowest BCUT2D eigenvalue weighted by atomic mass is 10.3. The molecule has 11 heavy (non-hydrogen) atoms. The first-order valence-corrected chi connectivity index (χ1v) is 3.89. The fourth-order valence-electron chi connectivity index (χ4n) is 0.626. The highest BCUT2D eigenvalue weighted by atomic mass is 31.1. The van der Waals surface area contributed by atoms with E-state index in [9.17, 15) is 9.13 Å². The van der Waals surface area contributed by atoms with E-state index in [1.807, 2.05) is 0 Å². The number of aromatic hydroxyl groups is 1. The summed E-state index contributed by atoms with van der Waals surface area (Å²) in [5.74, 6) is 0.0838. The third-order valence-corrected chi connectivity index (χ3v) is 1.36. The van der Waals surface area contributed by atoms with E-state index in [4.69, 9.17) is 5.11 Å². The van der Waals surface area contributed by atoms with Crippen molar-refractivity contribution < 1.29 is 18.8 Å². The van der Waals surface area contributed by atoms with Crippen molar-refractivity contribution >= 4 is 7.91 Å². The molecule has 0 bridgehead atoms. The average molecular weight is 172 g/mol. The molecule has 0 atom stereocenters. The molecular formula is C6H5O4P. The van der Waals surface area contributed by atoms with Crippen molar-refractivity contribution in [2.75, 3.05) is 0 Å². The molecule has 0 fully saturated rings. The van der Waals surface area contributed by atoms with Crippen molar-refractivity contribution in [3.05, 3.63) is 24.3 Å². The van der Waals surface area contributed by atoms with Crippen LogP contribution >= 0.6 is 7.91 Å². The Morgan fingerprint density at radius 1 is 1.36 bits per heavy atom. The monoisotopic (exact) mass is 172 g/mol. The zero-order chi connectivity index (χ0) is 8.27. The Morgan fingerprint density at radius 2 is 2.09 bits per heavy atom. The standard InChI is InChI=1S/C6H5O4P/c7-5-2-1-3-6(4-5)10-11(8)9/h1-4,7H. The molecule has 0 heterocycles. The highest BCUT2D eigenvalue weighted by Gasteiger charge is 1.96. The van der Waals surface area contributed by atoms with E-state index >= 15 is 0 Å². The van der Waals surface area contributed by atoms with Gasteiger partial charge in [-0.25, -0.2) is 0 Å². The van der Waals surface area contributed by atoms with Crippen LogP contribution in [0.3, 0.4) is 0 Å². The van der Waals surface area contributed by atoms with Crippen LogP contribution in [0.15, 0.2) is 24.3 Å². The predicted octanol–water partition coefficient (Wildman–Crippen LogP) is 1.86. The minimum atomic E-state index is -2.90. The third-order valence-electron chi connectivity index (χ3n) is 0.998. The van der Waals surface area contributed by atoms with Crippen LogP contribution in [0.4, 0.5) is 0 Å². The van der Waals surface area contributed by atoms with E-state index in [1.54, 1.807) is 0 Å². The number of phenolic OH excluding ortho intramolecular Hbond substituents is 1. The summed E-state index contributed by atoms with van der Waals surface area (Å²) < 4.78 is 24.3. The third kappa shape index (κ3) is 2.43. The molecule has 0 unspecified atom stereocenters. The van der Waals surface area contributed by atoms with Gasteiger partial charge in [0.1, 0.15) is 11.5 Å². The normalized spacial score (nSPS) is 9.09. The van der Waals surface area contributed by atoms with Crippen LogP contribution in [0.25, 0.3) is 0 Å². The average Bonchev–Trinajstić information content (AvgIpc) is 1.85. The lowest BCUT2D eigenvalue weighted by Crippen LogP contribution is -1.74. The van der Waals surface area contributed by atoms with Gasteiger partial charge in [0, 0.05) is 6.07 Å². The molecule has 0 aliphatic heterocycles. The first kappa shape index (κ1) is 7.82. The summed E-state index contributed by atoms with van der Waals surface area (Å²) in [6.45, 7) is 0. The van der Waals surface area contributed by atoms with E-state index in [0.717, 1.165) is 0 Å². The van der Waals surface area contributed by atoms with Crippen molar-refractivity contribution in [2.24, 2.45) is 0 Å². The molecule has 0 spiro atoms.